The van der Waals surface area contributed by atoms with Gasteiger partial charge < -0.3 is 9.30 Å². The van der Waals surface area contributed by atoms with Crippen LogP contribution in [0.1, 0.15) is 0 Å². The number of benzene rings is 1. The first-order valence-corrected chi connectivity index (χ1v) is 7.22. The van der Waals surface area contributed by atoms with E-state index >= 15 is 0 Å². The first-order valence-electron chi connectivity index (χ1n) is 5.66. The van der Waals surface area contributed by atoms with Crippen LogP contribution < -0.4 is 4.74 Å². The van der Waals surface area contributed by atoms with E-state index in [2.05, 4.69) is 10.2 Å². The van der Waals surface area contributed by atoms with Crippen LogP contribution in [0.2, 0.25) is 0 Å². The molecule has 2 aromatic rings. The Morgan fingerprint density at radius 1 is 1.40 bits per heavy atom. The fourth-order valence-corrected chi connectivity index (χ4v) is 2.18. The van der Waals surface area contributed by atoms with Crippen LogP contribution in [0.25, 0.3) is 0 Å². The monoisotopic (exact) mass is 296 g/mol. The molecule has 1 heterocycles. The maximum absolute atomic E-state index is 11.3. The molecule has 1 atom stereocenters. The van der Waals surface area contributed by atoms with E-state index in [1.165, 1.54) is 36.8 Å². The van der Waals surface area contributed by atoms with Crippen LogP contribution in [0.5, 0.6) is 5.75 Å². The SMILES string of the molecule is C[S@](=O)c1nncn1CCOc1ccc([N+](=O)[O-])cc1. The lowest BCUT2D eigenvalue weighted by Gasteiger charge is -2.07. The number of nitro benzene ring substituents is 1. The van der Waals surface area contributed by atoms with Gasteiger partial charge in [0.1, 0.15) is 18.7 Å². The maximum atomic E-state index is 11.3. The second-order valence-electron chi connectivity index (χ2n) is 3.86. The van der Waals surface area contributed by atoms with Gasteiger partial charge in [0.2, 0.25) is 5.16 Å². The first kappa shape index (κ1) is 14.1. The van der Waals surface area contributed by atoms with Gasteiger partial charge in [-0.2, -0.15) is 0 Å². The molecule has 0 fully saturated rings. The first-order chi connectivity index (χ1) is 9.58. The summed E-state index contributed by atoms with van der Waals surface area (Å²) in [6.45, 7) is 0.763. The van der Waals surface area contributed by atoms with Crippen molar-refractivity contribution in [1.82, 2.24) is 14.8 Å². The molecule has 0 saturated carbocycles. The second kappa shape index (κ2) is 6.24. The summed E-state index contributed by atoms with van der Waals surface area (Å²) in [5.74, 6) is 0.530. The average molecular weight is 296 g/mol. The standard InChI is InChI=1S/C11H12N4O4S/c1-20(18)11-13-12-8-14(11)6-7-19-10-4-2-9(3-5-10)15(16)17/h2-5,8H,6-7H2,1H3/t20-/m0/s1. The molecule has 0 aliphatic carbocycles. The van der Waals surface area contributed by atoms with E-state index in [-0.39, 0.29) is 5.69 Å². The van der Waals surface area contributed by atoms with Crippen LogP contribution in [-0.2, 0) is 17.3 Å². The molecule has 0 aliphatic rings. The van der Waals surface area contributed by atoms with Gasteiger partial charge >= 0.3 is 0 Å². The molecule has 8 nitrogen and oxygen atoms in total. The summed E-state index contributed by atoms with van der Waals surface area (Å²) >= 11 is 0. The van der Waals surface area contributed by atoms with Crippen molar-refractivity contribution in [3.8, 4) is 5.75 Å². The molecule has 106 valence electrons. The van der Waals surface area contributed by atoms with Gasteiger partial charge in [-0.25, -0.2) is 0 Å². The zero-order valence-corrected chi connectivity index (χ0v) is 11.4. The van der Waals surface area contributed by atoms with Gasteiger partial charge in [0.25, 0.3) is 5.69 Å². The number of hydrogen-bond acceptors (Lipinski definition) is 6. The van der Waals surface area contributed by atoms with Crippen molar-refractivity contribution in [2.75, 3.05) is 12.9 Å². The molecule has 20 heavy (non-hydrogen) atoms. The minimum Gasteiger partial charge on any atom is -0.492 e. The zero-order chi connectivity index (χ0) is 14.5. The number of hydrogen-bond donors (Lipinski definition) is 0. The Balaban J connectivity index is 1.91. The second-order valence-corrected chi connectivity index (χ2v) is 5.13. The van der Waals surface area contributed by atoms with E-state index in [0.29, 0.717) is 24.1 Å². The van der Waals surface area contributed by atoms with E-state index in [4.69, 9.17) is 4.74 Å². The summed E-state index contributed by atoms with van der Waals surface area (Å²) < 4.78 is 18.4. The summed E-state index contributed by atoms with van der Waals surface area (Å²) in [6.07, 6.45) is 3.01. The molecule has 1 aromatic heterocycles. The highest BCUT2D eigenvalue weighted by Crippen LogP contribution is 2.17. The molecule has 1 aromatic carbocycles. The van der Waals surface area contributed by atoms with Gasteiger partial charge in [-0.15, -0.1) is 10.2 Å². The zero-order valence-electron chi connectivity index (χ0n) is 10.6. The van der Waals surface area contributed by atoms with Crippen molar-refractivity contribution in [2.24, 2.45) is 0 Å². The molecule has 9 heteroatoms. The minimum atomic E-state index is -1.21. The predicted octanol–water partition coefficient (Wildman–Crippen LogP) is 1.00. The molecule has 2 rings (SSSR count). The molecule has 0 aliphatic heterocycles. The van der Waals surface area contributed by atoms with Crippen molar-refractivity contribution in [3.05, 3.63) is 40.7 Å². The average Bonchev–Trinajstić information content (AvgIpc) is 2.88. The molecule has 0 N–H and O–H groups in total. The highest BCUT2D eigenvalue weighted by molar-refractivity contribution is 7.84. The van der Waals surface area contributed by atoms with E-state index in [1.54, 1.807) is 4.57 Å². The minimum absolute atomic E-state index is 0.0137. The lowest BCUT2D eigenvalue weighted by molar-refractivity contribution is -0.384. The van der Waals surface area contributed by atoms with Crippen molar-refractivity contribution >= 4 is 16.5 Å². The molecule has 0 unspecified atom stereocenters. The third-order valence-corrected chi connectivity index (χ3v) is 3.32. The number of aromatic nitrogens is 3. The third-order valence-electron chi connectivity index (χ3n) is 2.49. The van der Waals surface area contributed by atoms with Gasteiger partial charge in [-0.05, 0) is 12.1 Å². The van der Waals surface area contributed by atoms with Gasteiger partial charge in [0.15, 0.2) is 0 Å². The number of nitrogens with zero attached hydrogens (tertiary/aromatic N) is 4. The van der Waals surface area contributed by atoms with E-state index in [0.717, 1.165) is 0 Å². The van der Waals surface area contributed by atoms with E-state index in [9.17, 15) is 14.3 Å². The molecule has 0 radical (unpaired) electrons. The fraction of sp³-hybridized carbons (Fsp3) is 0.273. The van der Waals surface area contributed by atoms with Crippen LogP contribution in [0.15, 0.2) is 35.7 Å². The van der Waals surface area contributed by atoms with E-state index < -0.39 is 15.7 Å². The van der Waals surface area contributed by atoms with Crippen LogP contribution in [0.3, 0.4) is 0 Å². The van der Waals surface area contributed by atoms with Crippen molar-refractivity contribution in [1.29, 1.82) is 0 Å². The Bertz CT molecular complexity index is 626. The highest BCUT2D eigenvalue weighted by Gasteiger charge is 2.08. The van der Waals surface area contributed by atoms with Gasteiger partial charge in [0.05, 0.1) is 22.3 Å². The normalized spacial score (nSPS) is 12.1. The number of non-ortho nitro benzene ring substituents is 1. The molecular formula is C11H12N4O4S. The van der Waals surface area contributed by atoms with Crippen LogP contribution in [0, 0.1) is 10.1 Å². The van der Waals surface area contributed by atoms with Gasteiger partial charge in [-0.3, -0.25) is 14.3 Å². The maximum Gasteiger partial charge on any atom is 0.269 e. The smallest absolute Gasteiger partial charge is 0.269 e. The summed E-state index contributed by atoms with van der Waals surface area (Å²) in [5.41, 5.74) is 0.0137. The van der Waals surface area contributed by atoms with Crippen LogP contribution >= 0.6 is 0 Å². The Morgan fingerprint density at radius 3 is 2.70 bits per heavy atom. The Hall–Kier alpha value is -2.29. The number of rotatable bonds is 6. The van der Waals surface area contributed by atoms with Gasteiger partial charge in [0, 0.05) is 18.4 Å². The highest BCUT2D eigenvalue weighted by atomic mass is 32.2. The van der Waals surface area contributed by atoms with Crippen molar-refractivity contribution in [3.63, 3.8) is 0 Å². The summed E-state index contributed by atoms with van der Waals surface area (Å²) in [6, 6.07) is 5.81. The molecule has 0 amide bonds. The number of ether oxygens (including phenoxy) is 1. The fourth-order valence-electron chi connectivity index (χ4n) is 1.55. The third kappa shape index (κ3) is 3.38. The van der Waals surface area contributed by atoms with E-state index in [1.807, 2.05) is 0 Å². The predicted molar refractivity (Wildman–Crippen MR) is 70.9 cm³/mol. The van der Waals surface area contributed by atoms with Crippen molar-refractivity contribution < 1.29 is 13.9 Å². The Labute approximate surface area is 117 Å². The number of nitro groups is 1. The topological polar surface area (TPSA) is 100 Å². The van der Waals surface area contributed by atoms with Crippen molar-refractivity contribution in [2.45, 2.75) is 11.7 Å². The summed E-state index contributed by atoms with van der Waals surface area (Å²) in [7, 11) is -1.21. The van der Waals surface area contributed by atoms with Gasteiger partial charge in [-0.1, -0.05) is 0 Å². The molecule has 0 bridgehead atoms. The molecule has 0 spiro atoms. The Morgan fingerprint density at radius 2 is 2.10 bits per heavy atom. The van der Waals surface area contributed by atoms with Crippen LogP contribution in [-0.4, -0.2) is 36.8 Å². The Kier molecular flexibility index (Phi) is 4.41. The molecular weight excluding hydrogens is 284 g/mol. The van der Waals surface area contributed by atoms with Crippen LogP contribution in [0.4, 0.5) is 5.69 Å². The largest absolute Gasteiger partial charge is 0.492 e. The summed E-state index contributed by atoms with van der Waals surface area (Å²) in [4.78, 5) is 10.0. The quantitative estimate of drug-likeness (QED) is 0.582. The summed E-state index contributed by atoms with van der Waals surface area (Å²) in [5, 5.41) is 18.3. The molecule has 0 saturated heterocycles. The lowest BCUT2D eigenvalue weighted by Crippen LogP contribution is -2.11. The lowest BCUT2D eigenvalue weighted by atomic mass is 10.3.